The zero-order valence-electron chi connectivity index (χ0n) is 3.05. The first-order chi connectivity index (χ1) is 2.89. The van der Waals surface area contributed by atoms with Gasteiger partial charge in [0, 0.05) is 5.75 Å². The molecule has 0 radical (unpaired) electrons. The molecule has 2 nitrogen and oxygen atoms in total. The third-order valence-corrected chi connectivity index (χ3v) is 2.69. The lowest BCUT2D eigenvalue weighted by molar-refractivity contribution is 0.393. The molecule has 6 heavy (non-hydrogen) atoms. The highest BCUT2D eigenvalue weighted by Gasteiger charge is 2.07. The second-order valence-electron chi connectivity index (χ2n) is 0.848. The van der Waals surface area contributed by atoms with Crippen LogP contribution in [0.1, 0.15) is 0 Å². The van der Waals surface area contributed by atoms with Crippen LogP contribution < -0.4 is 0 Å². The molecule has 1 aliphatic heterocycles. The molecule has 0 saturated carbocycles. The van der Waals surface area contributed by atoms with Crippen molar-refractivity contribution in [2.75, 3.05) is 12.4 Å². The van der Waals surface area contributed by atoms with Crippen molar-refractivity contribution in [2.45, 2.75) is 0 Å². The molecule has 0 aliphatic carbocycles. The van der Waals surface area contributed by atoms with E-state index in [2.05, 4.69) is 4.18 Å². The molecule has 0 unspecified atom stereocenters. The predicted octanol–water partition coefficient (Wildman–Crippen LogP) is 0.329. The van der Waals surface area contributed by atoms with Crippen LogP contribution in [0, 0.1) is 0 Å². The van der Waals surface area contributed by atoms with Gasteiger partial charge < -0.3 is 0 Å². The van der Waals surface area contributed by atoms with Gasteiger partial charge in [-0.15, -0.1) is 0 Å². The summed E-state index contributed by atoms with van der Waals surface area (Å²) >= 11 is 0. The van der Waals surface area contributed by atoms with Crippen LogP contribution in [0.4, 0.5) is 0 Å². The Balaban J connectivity index is 2.37. The molecular weight excluding hydrogens is 120 g/mol. The van der Waals surface area contributed by atoms with Gasteiger partial charge in [-0.2, -0.15) is 0 Å². The lowest BCUT2D eigenvalue weighted by atomic mass is 10.9. The highest BCUT2D eigenvalue weighted by atomic mass is 33.1. The minimum Gasteiger partial charge on any atom is -0.281 e. The fourth-order valence-corrected chi connectivity index (χ4v) is 1.94. The quantitative estimate of drug-likeness (QED) is 0.435. The molecule has 0 aromatic carbocycles. The van der Waals surface area contributed by atoms with Gasteiger partial charge in [-0.05, 0) is 10.8 Å². The molecule has 1 rings (SSSR count). The van der Waals surface area contributed by atoms with Gasteiger partial charge in [-0.3, -0.25) is 4.18 Å². The molecular formula is C2H4O2S2. The lowest BCUT2D eigenvalue weighted by Gasteiger charge is -1.76. The maximum atomic E-state index is 10.1. The average molecular weight is 124 g/mol. The molecule has 36 valence electrons. The molecule has 0 aromatic heterocycles. The van der Waals surface area contributed by atoms with E-state index in [4.69, 9.17) is 0 Å². The Labute approximate surface area is 42.3 Å². The largest absolute Gasteiger partial charge is 0.281 e. The summed E-state index contributed by atoms with van der Waals surface area (Å²) in [4.78, 5) is 0. The first-order valence-corrected chi connectivity index (χ1v) is 4.15. The normalized spacial score (nSPS) is 34.3. The van der Waals surface area contributed by atoms with Crippen LogP contribution in [0.3, 0.4) is 0 Å². The molecule has 1 heterocycles. The van der Waals surface area contributed by atoms with Gasteiger partial charge in [0.25, 0.3) is 0 Å². The Morgan fingerprint density at radius 1 is 1.83 bits per heavy atom. The Morgan fingerprint density at radius 2 is 2.67 bits per heavy atom. The van der Waals surface area contributed by atoms with Crippen LogP contribution >= 0.6 is 10.8 Å². The van der Waals surface area contributed by atoms with E-state index < -0.39 is 10.1 Å². The molecule has 1 atom stereocenters. The zero-order chi connectivity index (χ0) is 4.41. The van der Waals surface area contributed by atoms with Crippen molar-refractivity contribution >= 4 is 20.9 Å². The fourth-order valence-electron chi connectivity index (χ4n) is 0.238. The van der Waals surface area contributed by atoms with E-state index in [1.165, 1.54) is 10.8 Å². The summed E-state index contributed by atoms with van der Waals surface area (Å²) in [5.74, 6) is 0.882. The second-order valence-corrected chi connectivity index (χ2v) is 3.66. The van der Waals surface area contributed by atoms with Crippen LogP contribution in [0.15, 0.2) is 0 Å². The van der Waals surface area contributed by atoms with Crippen LogP contribution in [0.2, 0.25) is 0 Å². The summed E-state index contributed by atoms with van der Waals surface area (Å²) in [5, 5.41) is 0. The summed E-state index contributed by atoms with van der Waals surface area (Å²) in [7, 11) is 0.341. The third kappa shape index (κ3) is 0.959. The summed E-state index contributed by atoms with van der Waals surface area (Å²) in [6.45, 7) is 0.650. The number of hydrogen-bond donors (Lipinski definition) is 0. The van der Waals surface area contributed by atoms with Gasteiger partial charge in [0.05, 0.1) is 6.61 Å². The van der Waals surface area contributed by atoms with Crippen molar-refractivity contribution in [3.63, 3.8) is 0 Å². The first-order valence-electron chi connectivity index (χ1n) is 1.58. The van der Waals surface area contributed by atoms with E-state index in [-0.39, 0.29) is 0 Å². The van der Waals surface area contributed by atoms with E-state index >= 15 is 0 Å². The van der Waals surface area contributed by atoms with Crippen LogP contribution in [-0.2, 0) is 14.3 Å². The molecule has 4 heteroatoms. The highest BCUT2D eigenvalue weighted by molar-refractivity contribution is 8.67. The van der Waals surface area contributed by atoms with Gasteiger partial charge in [0.1, 0.15) is 0 Å². The second kappa shape index (κ2) is 1.95. The van der Waals surface area contributed by atoms with Gasteiger partial charge >= 0.3 is 0 Å². The smallest absolute Gasteiger partial charge is 0.219 e. The lowest BCUT2D eigenvalue weighted by Crippen LogP contribution is -1.80. The maximum Gasteiger partial charge on any atom is 0.219 e. The van der Waals surface area contributed by atoms with Crippen molar-refractivity contribution < 1.29 is 8.39 Å². The fraction of sp³-hybridized carbons (Fsp3) is 1.00. The third-order valence-electron chi connectivity index (χ3n) is 0.442. The predicted molar refractivity (Wildman–Crippen MR) is 26.6 cm³/mol. The SMILES string of the molecule is O=[S@]1OCCS1. The minimum absolute atomic E-state index is 0.650. The van der Waals surface area contributed by atoms with E-state index in [0.29, 0.717) is 6.61 Å². The van der Waals surface area contributed by atoms with Crippen molar-refractivity contribution in [2.24, 2.45) is 0 Å². The zero-order valence-corrected chi connectivity index (χ0v) is 4.68. The molecule has 0 N–H and O–H groups in total. The van der Waals surface area contributed by atoms with Crippen LogP contribution in [-0.4, -0.2) is 16.6 Å². The monoisotopic (exact) mass is 124 g/mol. The Morgan fingerprint density at radius 3 is 2.83 bits per heavy atom. The minimum atomic E-state index is -1.01. The Hall–Kier alpha value is 0.460. The van der Waals surface area contributed by atoms with Gasteiger partial charge in [-0.25, -0.2) is 4.21 Å². The van der Waals surface area contributed by atoms with Gasteiger partial charge in [0.2, 0.25) is 10.1 Å². The molecule has 0 amide bonds. The van der Waals surface area contributed by atoms with E-state index in [1.807, 2.05) is 0 Å². The topological polar surface area (TPSA) is 26.3 Å². The summed E-state index contributed by atoms with van der Waals surface area (Å²) in [6.07, 6.45) is 0. The van der Waals surface area contributed by atoms with Crippen LogP contribution in [0.25, 0.3) is 0 Å². The van der Waals surface area contributed by atoms with Crippen molar-refractivity contribution in [3.8, 4) is 0 Å². The van der Waals surface area contributed by atoms with E-state index in [0.717, 1.165) is 5.75 Å². The van der Waals surface area contributed by atoms with Crippen LogP contribution in [0.5, 0.6) is 0 Å². The average Bonchev–Trinajstić information content (AvgIpc) is 1.86. The summed E-state index contributed by atoms with van der Waals surface area (Å²) < 4.78 is 14.7. The van der Waals surface area contributed by atoms with Crippen molar-refractivity contribution in [1.82, 2.24) is 0 Å². The Bertz CT molecular complexity index is 63.9. The van der Waals surface area contributed by atoms with E-state index in [1.54, 1.807) is 0 Å². The van der Waals surface area contributed by atoms with Crippen molar-refractivity contribution in [3.05, 3.63) is 0 Å². The number of rotatable bonds is 0. The molecule has 1 aliphatic rings. The molecule has 1 saturated heterocycles. The molecule has 1 fully saturated rings. The summed E-state index contributed by atoms with van der Waals surface area (Å²) in [5.41, 5.74) is 0. The number of hydrogen-bond acceptors (Lipinski definition) is 3. The first kappa shape index (κ1) is 4.61. The van der Waals surface area contributed by atoms with Crippen molar-refractivity contribution in [1.29, 1.82) is 0 Å². The Kier molecular flexibility index (Phi) is 1.50. The maximum absolute atomic E-state index is 10.1. The molecule has 0 aromatic rings. The van der Waals surface area contributed by atoms with Gasteiger partial charge in [0.15, 0.2) is 0 Å². The highest BCUT2D eigenvalue weighted by Crippen LogP contribution is 2.15. The standard InChI is InChI=1S/C2H4O2S2/c3-6-4-1-2-5-6/h1-2H2/t6-/m0/s1. The molecule has 0 spiro atoms. The van der Waals surface area contributed by atoms with E-state index in [9.17, 15) is 4.21 Å². The summed E-state index contributed by atoms with van der Waals surface area (Å²) in [6, 6.07) is 0. The van der Waals surface area contributed by atoms with Gasteiger partial charge in [-0.1, -0.05) is 0 Å². The molecule has 0 bridgehead atoms.